The Morgan fingerprint density at radius 2 is 2.05 bits per heavy atom. The Kier molecular flexibility index (Phi) is 3.19. The van der Waals surface area contributed by atoms with E-state index in [0.717, 1.165) is 23.0 Å². The quantitative estimate of drug-likeness (QED) is 0.923. The zero-order valence-electron chi connectivity index (χ0n) is 9.02. The van der Waals surface area contributed by atoms with Crippen LogP contribution in [0.3, 0.4) is 0 Å². The number of rotatable bonds is 2. The molecule has 1 N–H and O–H groups in total. The van der Waals surface area contributed by atoms with Gasteiger partial charge in [0.25, 0.3) is 0 Å². The van der Waals surface area contributed by atoms with Gasteiger partial charge in [-0.2, -0.15) is 13.2 Å². The highest BCUT2D eigenvalue weighted by molar-refractivity contribution is 6.32. The summed E-state index contributed by atoms with van der Waals surface area (Å²) < 4.78 is 38.5. The summed E-state index contributed by atoms with van der Waals surface area (Å²) in [5.41, 5.74) is -1.55. The molecule has 0 unspecified atom stereocenters. The lowest BCUT2D eigenvalue weighted by Crippen LogP contribution is -2.11. The minimum Gasteiger partial charge on any atom is -0.476 e. The van der Waals surface area contributed by atoms with Crippen molar-refractivity contribution in [1.82, 2.24) is 15.0 Å². The fourth-order valence-electron chi connectivity index (χ4n) is 1.41. The number of hydrogen-bond acceptors (Lipinski definition) is 3. The van der Waals surface area contributed by atoms with Crippen molar-refractivity contribution in [1.29, 1.82) is 0 Å². The van der Waals surface area contributed by atoms with Gasteiger partial charge in [-0.25, -0.2) is 9.48 Å². The van der Waals surface area contributed by atoms with Crippen molar-refractivity contribution in [2.24, 2.45) is 0 Å². The SMILES string of the molecule is O=C(O)c1cnnn1-c1cc(C(F)(F)F)ccc1Cl. The zero-order chi connectivity index (χ0) is 14.2. The van der Waals surface area contributed by atoms with Crippen LogP contribution in [0.5, 0.6) is 0 Å². The van der Waals surface area contributed by atoms with Crippen LogP contribution in [0.2, 0.25) is 5.02 Å². The van der Waals surface area contributed by atoms with Gasteiger partial charge in [-0.1, -0.05) is 16.8 Å². The molecule has 100 valence electrons. The first-order chi connectivity index (χ1) is 8.80. The maximum Gasteiger partial charge on any atom is 0.416 e. The third-order valence-corrected chi connectivity index (χ3v) is 2.59. The molecule has 19 heavy (non-hydrogen) atoms. The number of aromatic nitrogens is 3. The monoisotopic (exact) mass is 291 g/mol. The minimum absolute atomic E-state index is 0.0685. The first-order valence-corrected chi connectivity index (χ1v) is 5.19. The van der Waals surface area contributed by atoms with E-state index in [1.807, 2.05) is 0 Å². The van der Waals surface area contributed by atoms with Gasteiger partial charge in [0.15, 0.2) is 5.69 Å². The normalized spacial score (nSPS) is 11.6. The lowest BCUT2D eigenvalue weighted by molar-refractivity contribution is -0.137. The molecule has 2 aromatic rings. The van der Waals surface area contributed by atoms with Gasteiger partial charge in [0.1, 0.15) is 0 Å². The van der Waals surface area contributed by atoms with E-state index in [4.69, 9.17) is 16.7 Å². The molecule has 0 amide bonds. The molecule has 2 rings (SSSR count). The number of alkyl halides is 3. The number of halogens is 4. The Morgan fingerprint density at radius 3 is 2.63 bits per heavy atom. The molecule has 1 aromatic carbocycles. The molecule has 9 heteroatoms. The van der Waals surface area contributed by atoms with Gasteiger partial charge in [-0.3, -0.25) is 0 Å². The second-order valence-electron chi connectivity index (χ2n) is 3.50. The van der Waals surface area contributed by atoms with Crippen LogP contribution in [-0.2, 0) is 6.18 Å². The van der Waals surface area contributed by atoms with Crippen molar-refractivity contribution in [2.75, 3.05) is 0 Å². The molecular formula is C10H5ClF3N3O2. The summed E-state index contributed by atoms with van der Waals surface area (Å²) in [6, 6.07) is 2.53. The highest BCUT2D eigenvalue weighted by atomic mass is 35.5. The van der Waals surface area contributed by atoms with E-state index >= 15 is 0 Å². The van der Waals surface area contributed by atoms with Crippen LogP contribution in [0, 0.1) is 0 Å². The number of carboxylic acids is 1. The van der Waals surface area contributed by atoms with Gasteiger partial charge in [0.05, 0.1) is 22.5 Å². The molecule has 0 aliphatic heterocycles. The molecule has 0 saturated heterocycles. The van der Waals surface area contributed by atoms with Crippen molar-refractivity contribution in [3.63, 3.8) is 0 Å². The molecule has 0 aliphatic carbocycles. The Hall–Kier alpha value is -2.09. The van der Waals surface area contributed by atoms with Gasteiger partial charge in [-0.15, -0.1) is 5.10 Å². The van der Waals surface area contributed by atoms with E-state index in [1.54, 1.807) is 0 Å². The predicted molar refractivity (Wildman–Crippen MR) is 58.3 cm³/mol. The van der Waals surface area contributed by atoms with Crippen LogP contribution in [0.25, 0.3) is 5.69 Å². The van der Waals surface area contributed by atoms with E-state index in [0.29, 0.717) is 6.07 Å². The van der Waals surface area contributed by atoms with E-state index < -0.39 is 17.7 Å². The number of aromatic carboxylic acids is 1. The predicted octanol–water partition coefficient (Wildman–Crippen LogP) is 2.64. The first kappa shape index (κ1) is 13.3. The minimum atomic E-state index is -4.57. The van der Waals surface area contributed by atoms with Crippen LogP contribution < -0.4 is 0 Å². The second kappa shape index (κ2) is 4.54. The molecule has 0 aliphatic rings. The fraction of sp³-hybridized carbons (Fsp3) is 0.100. The fourth-order valence-corrected chi connectivity index (χ4v) is 1.61. The summed E-state index contributed by atoms with van der Waals surface area (Å²) in [5, 5.41) is 15.6. The summed E-state index contributed by atoms with van der Waals surface area (Å²) in [7, 11) is 0. The van der Waals surface area contributed by atoms with Crippen LogP contribution in [0.1, 0.15) is 16.1 Å². The van der Waals surface area contributed by atoms with Crippen LogP contribution >= 0.6 is 11.6 Å². The Labute approximate surface area is 109 Å². The molecule has 0 bridgehead atoms. The topological polar surface area (TPSA) is 68.0 Å². The number of nitrogens with zero attached hydrogens (tertiary/aromatic N) is 3. The average Bonchev–Trinajstić information content (AvgIpc) is 2.76. The molecule has 5 nitrogen and oxygen atoms in total. The van der Waals surface area contributed by atoms with E-state index in [-0.39, 0.29) is 16.4 Å². The van der Waals surface area contributed by atoms with Gasteiger partial charge in [-0.05, 0) is 18.2 Å². The average molecular weight is 292 g/mol. The summed E-state index contributed by atoms with van der Waals surface area (Å²) in [5.74, 6) is -1.38. The van der Waals surface area contributed by atoms with E-state index in [2.05, 4.69) is 10.3 Å². The summed E-state index contributed by atoms with van der Waals surface area (Å²) in [4.78, 5) is 10.9. The summed E-state index contributed by atoms with van der Waals surface area (Å²) in [6.07, 6.45) is -3.65. The summed E-state index contributed by atoms with van der Waals surface area (Å²) >= 11 is 5.77. The third kappa shape index (κ3) is 2.53. The van der Waals surface area contributed by atoms with Crippen molar-refractivity contribution in [3.8, 4) is 5.69 Å². The highest BCUT2D eigenvalue weighted by Crippen LogP contribution is 2.33. The Morgan fingerprint density at radius 1 is 1.37 bits per heavy atom. The van der Waals surface area contributed by atoms with Crippen LogP contribution in [0.4, 0.5) is 13.2 Å². The Bertz CT molecular complexity index is 639. The molecule has 0 saturated carbocycles. The van der Waals surface area contributed by atoms with Crippen molar-refractivity contribution >= 4 is 17.6 Å². The molecular weight excluding hydrogens is 287 g/mol. The molecule has 1 heterocycles. The number of benzene rings is 1. The standard InChI is InChI=1S/C10H5ClF3N3O2/c11-6-2-1-5(10(12,13)14)3-7(6)17-8(9(18)19)4-15-16-17/h1-4H,(H,18,19). The lowest BCUT2D eigenvalue weighted by atomic mass is 10.2. The molecule has 0 atom stereocenters. The third-order valence-electron chi connectivity index (χ3n) is 2.27. The van der Waals surface area contributed by atoms with Crippen LogP contribution in [0.15, 0.2) is 24.4 Å². The highest BCUT2D eigenvalue weighted by Gasteiger charge is 2.31. The molecule has 0 radical (unpaired) electrons. The van der Waals surface area contributed by atoms with Gasteiger partial charge in [0, 0.05) is 0 Å². The molecule has 0 fully saturated rings. The maximum atomic E-state index is 12.6. The smallest absolute Gasteiger partial charge is 0.416 e. The molecule has 1 aromatic heterocycles. The number of hydrogen-bond donors (Lipinski definition) is 1. The van der Waals surface area contributed by atoms with Crippen molar-refractivity contribution in [2.45, 2.75) is 6.18 Å². The largest absolute Gasteiger partial charge is 0.476 e. The number of carbonyl (C=O) groups is 1. The van der Waals surface area contributed by atoms with Gasteiger partial charge >= 0.3 is 12.1 Å². The maximum absolute atomic E-state index is 12.6. The van der Waals surface area contributed by atoms with E-state index in [9.17, 15) is 18.0 Å². The van der Waals surface area contributed by atoms with E-state index in [1.165, 1.54) is 0 Å². The second-order valence-corrected chi connectivity index (χ2v) is 3.91. The molecule has 0 spiro atoms. The summed E-state index contributed by atoms with van der Waals surface area (Å²) in [6.45, 7) is 0. The zero-order valence-corrected chi connectivity index (χ0v) is 9.77. The number of carboxylic acid groups (broad SMARTS) is 1. The van der Waals surface area contributed by atoms with Crippen molar-refractivity contribution < 1.29 is 23.1 Å². The first-order valence-electron chi connectivity index (χ1n) is 4.82. The Balaban J connectivity index is 2.62. The van der Waals surface area contributed by atoms with Crippen LogP contribution in [-0.4, -0.2) is 26.1 Å². The van der Waals surface area contributed by atoms with Gasteiger partial charge in [0.2, 0.25) is 0 Å². The van der Waals surface area contributed by atoms with Gasteiger partial charge < -0.3 is 5.11 Å². The van der Waals surface area contributed by atoms with Crippen molar-refractivity contribution in [3.05, 3.63) is 40.7 Å². The lowest BCUT2D eigenvalue weighted by Gasteiger charge is -2.10.